The minimum absolute atomic E-state index is 0.181. The second-order valence-electron chi connectivity index (χ2n) is 2.41. The Morgan fingerprint density at radius 3 is 3.08 bits per heavy atom. The first-order valence-corrected chi connectivity index (χ1v) is 4.20. The number of pyridine rings is 1. The van der Waals surface area contributed by atoms with Gasteiger partial charge in [0.05, 0.1) is 10.0 Å². The molecule has 2 rings (SSSR count). The van der Waals surface area contributed by atoms with Crippen LogP contribution in [-0.2, 0) is 0 Å². The molecule has 0 bridgehead atoms. The monoisotopic (exact) mass is 241 g/mol. The van der Waals surface area contributed by atoms with E-state index in [9.17, 15) is 4.79 Å². The van der Waals surface area contributed by atoms with E-state index in [0.29, 0.717) is 10.1 Å². The largest absolute Gasteiger partial charge is 0.478 e. The Bertz CT molecular complexity index is 480. The first-order valence-electron chi connectivity index (χ1n) is 3.41. The quantitative estimate of drug-likeness (QED) is 0.815. The number of hydrogen-bond acceptors (Lipinski definition) is 3. The van der Waals surface area contributed by atoms with Gasteiger partial charge in [-0.25, -0.2) is 4.79 Å². The van der Waals surface area contributed by atoms with Gasteiger partial charge in [-0.2, -0.15) is 0 Å². The molecule has 0 aliphatic heterocycles. The Balaban J connectivity index is 2.80. The van der Waals surface area contributed by atoms with Crippen LogP contribution in [0.15, 0.2) is 23.1 Å². The van der Waals surface area contributed by atoms with Crippen molar-refractivity contribution >= 4 is 27.5 Å². The number of aromatic nitrogens is 3. The van der Waals surface area contributed by atoms with Gasteiger partial charge in [0.1, 0.15) is 6.33 Å². The van der Waals surface area contributed by atoms with Crippen molar-refractivity contribution in [3.05, 3.63) is 28.6 Å². The Hall–Kier alpha value is -1.43. The Kier molecular flexibility index (Phi) is 1.77. The molecule has 0 saturated carbocycles. The topological polar surface area (TPSA) is 67.5 Å². The molecule has 0 amide bonds. The molecule has 2 aromatic rings. The van der Waals surface area contributed by atoms with Crippen LogP contribution in [0.3, 0.4) is 0 Å². The van der Waals surface area contributed by atoms with Crippen molar-refractivity contribution in [1.29, 1.82) is 0 Å². The maximum Gasteiger partial charge on any atom is 0.337 e. The van der Waals surface area contributed by atoms with Crippen LogP contribution in [0.5, 0.6) is 0 Å². The van der Waals surface area contributed by atoms with E-state index in [0.717, 1.165) is 0 Å². The van der Waals surface area contributed by atoms with E-state index in [1.807, 2.05) is 0 Å². The molecule has 2 aromatic heterocycles. The summed E-state index contributed by atoms with van der Waals surface area (Å²) in [7, 11) is 0. The summed E-state index contributed by atoms with van der Waals surface area (Å²) in [6.07, 6.45) is 3.11. The van der Waals surface area contributed by atoms with Crippen LogP contribution in [0.4, 0.5) is 0 Å². The molecule has 0 aliphatic rings. The maximum absolute atomic E-state index is 10.7. The third kappa shape index (κ3) is 1.19. The van der Waals surface area contributed by atoms with Crippen LogP contribution in [0, 0.1) is 0 Å². The molecule has 0 unspecified atom stereocenters. The smallest absolute Gasteiger partial charge is 0.337 e. The lowest BCUT2D eigenvalue weighted by atomic mass is 10.3. The van der Waals surface area contributed by atoms with E-state index in [1.165, 1.54) is 12.4 Å². The summed E-state index contributed by atoms with van der Waals surface area (Å²) in [6, 6.07) is 1.49. The van der Waals surface area contributed by atoms with Crippen LogP contribution in [-0.4, -0.2) is 25.7 Å². The van der Waals surface area contributed by atoms with Crippen LogP contribution < -0.4 is 0 Å². The van der Waals surface area contributed by atoms with Gasteiger partial charge in [-0.1, -0.05) is 0 Å². The van der Waals surface area contributed by atoms with Crippen LogP contribution >= 0.6 is 15.9 Å². The molecular weight excluding hydrogens is 238 g/mol. The normalized spacial score (nSPS) is 10.5. The zero-order valence-electron chi connectivity index (χ0n) is 6.31. The number of fused-ring (bicyclic) bond motifs is 1. The van der Waals surface area contributed by atoms with Crippen molar-refractivity contribution in [1.82, 2.24) is 14.6 Å². The molecule has 1 N–H and O–H groups in total. The second-order valence-corrected chi connectivity index (χ2v) is 3.20. The maximum atomic E-state index is 10.7. The van der Waals surface area contributed by atoms with Gasteiger partial charge < -0.3 is 5.11 Å². The lowest BCUT2D eigenvalue weighted by Crippen LogP contribution is -1.99. The van der Waals surface area contributed by atoms with Crippen molar-refractivity contribution < 1.29 is 9.90 Å². The van der Waals surface area contributed by atoms with Gasteiger partial charge in [-0.3, -0.25) is 4.40 Å². The fourth-order valence-electron chi connectivity index (χ4n) is 1.02. The SMILES string of the molecule is O=C(O)c1ccn2cnnc2c1Br. The Labute approximate surface area is 81.1 Å². The van der Waals surface area contributed by atoms with Gasteiger partial charge in [0.15, 0.2) is 5.65 Å². The molecule has 13 heavy (non-hydrogen) atoms. The molecule has 0 saturated heterocycles. The Morgan fingerprint density at radius 1 is 1.62 bits per heavy atom. The highest BCUT2D eigenvalue weighted by molar-refractivity contribution is 9.10. The van der Waals surface area contributed by atoms with Crippen LogP contribution in [0.2, 0.25) is 0 Å². The highest BCUT2D eigenvalue weighted by Crippen LogP contribution is 2.20. The average molecular weight is 242 g/mol. The molecule has 0 radical (unpaired) electrons. The minimum Gasteiger partial charge on any atom is -0.478 e. The fraction of sp³-hybridized carbons (Fsp3) is 0. The summed E-state index contributed by atoms with van der Waals surface area (Å²) in [5, 5.41) is 16.2. The number of carbonyl (C=O) groups is 1. The van der Waals surface area contributed by atoms with E-state index in [-0.39, 0.29) is 5.56 Å². The molecule has 0 aliphatic carbocycles. The third-order valence-corrected chi connectivity index (χ3v) is 2.42. The van der Waals surface area contributed by atoms with Gasteiger partial charge in [0.2, 0.25) is 0 Å². The highest BCUT2D eigenvalue weighted by Gasteiger charge is 2.12. The summed E-state index contributed by atoms with van der Waals surface area (Å²) >= 11 is 3.16. The first kappa shape index (κ1) is 8.18. The number of aromatic carboxylic acids is 1. The van der Waals surface area contributed by atoms with Crippen molar-refractivity contribution in [2.45, 2.75) is 0 Å². The van der Waals surface area contributed by atoms with E-state index in [2.05, 4.69) is 26.1 Å². The number of carboxylic acids is 1. The standard InChI is InChI=1S/C7H4BrN3O2/c8-5-4(7(12)13)1-2-11-3-9-10-6(5)11/h1-3H,(H,12,13). The zero-order chi connectivity index (χ0) is 9.42. The molecule has 5 nitrogen and oxygen atoms in total. The van der Waals surface area contributed by atoms with Crippen molar-refractivity contribution in [3.8, 4) is 0 Å². The van der Waals surface area contributed by atoms with Crippen molar-refractivity contribution in [2.75, 3.05) is 0 Å². The van der Waals surface area contributed by atoms with Crippen molar-refractivity contribution in [2.24, 2.45) is 0 Å². The number of carboxylic acid groups (broad SMARTS) is 1. The molecular formula is C7H4BrN3O2. The lowest BCUT2D eigenvalue weighted by Gasteiger charge is -1.99. The van der Waals surface area contributed by atoms with Gasteiger partial charge in [-0.05, 0) is 22.0 Å². The molecule has 0 spiro atoms. The molecule has 0 fully saturated rings. The first-order chi connectivity index (χ1) is 6.20. The van der Waals surface area contributed by atoms with Gasteiger partial charge in [0, 0.05) is 6.20 Å². The second kappa shape index (κ2) is 2.81. The molecule has 66 valence electrons. The van der Waals surface area contributed by atoms with Gasteiger partial charge >= 0.3 is 5.97 Å². The molecule has 0 aromatic carbocycles. The molecule has 6 heteroatoms. The summed E-state index contributed by atoms with van der Waals surface area (Å²) in [5.74, 6) is -0.989. The molecule has 0 atom stereocenters. The molecule has 2 heterocycles. The summed E-state index contributed by atoms with van der Waals surface area (Å²) in [6.45, 7) is 0. The fourth-order valence-corrected chi connectivity index (χ4v) is 1.61. The Morgan fingerprint density at radius 2 is 2.38 bits per heavy atom. The number of rotatable bonds is 1. The zero-order valence-corrected chi connectivity index (χ0v) is 7.89. The van der Waals surface area contributed by atoms with Crippen molar-refractivity contribution in [3.63, 3.8) is 0 Å². The highest BCUT2D eigenvalue weighted by atomic mass is 79.9. The van der Waals surface area contributed by atoms with Gasteiger partial charge in [-0.15, -0.1) is 10.2 Å². The van der Waals surface area contributed by atoms with E-state index in [1.54, 1.807) is 10.6 Å². The van der Waals surface area contributed by atoms with Gasteiger partial charge in [0.25, 0.3) is 0 Å². The van der Waals surface area contributed by atoms with E-state index < -0.39 is 5.97 Å². The van der Waals surface area contributed by atoms with Crippen LogP contribution in [0.1, 0.15) is 10.4 Å². The van der Waals surface area contributed by atoms with Crippen LogP contribution in [0.25, 0.3) is 5.65 Å². The van der Waals surface area contributed by atoms with E-state index in [4.69, 9.17) is 5.11 Å². The predicted octanol–water partition coefficient (Wildman–Crippen LogP) is 1.19. The summed E-state index contributed by atoms with van der Waals surface area (Å²) < 4.78 is 2.08. The number of nitrogens with zero attached hydrogens (tertiary/aromatic N) is 3. The van der Waals surface area contributed by atoms with E-state index >= 15 is 0 Å². The number of halogens is 1. The average Bonchev–Trinajstić information content (AvgIpc) is 2.52. The minimum atomic E-state index is -0.989. The number of hydrogen-bond donors (Lipinski definition) is 1. The summed E-state index contributed by atoms with van der Waals surface area (Å²) in [4.78, 5) is 10.7. The lowest BCUT2D eigenvalue weighted by molar-refractivity contribution is 0.0696. The third-order valence-electron chi connectivity index (χ3n) is 1.64. The predicted molar refractivity (Wildman–Crippen MR) is 47.6 cm³/mol. The summed E-state index contributed by atoms with van der Waals surface area (Å²) in [5.41, 5.74) is 0.681.